The summed E-state index contributed by atoms with van der Waals surface area (Å²) < 4.78 is 71.7. The van der Waals surface area contributed by atoms with Crippen LogP contribution in [0, 0.1) is 0 Å². The molecule has 0 radical (unpaired) electrons. The van der Waals surface area contributed by atoms with Crippen LogP contribution in [0.4, 0.5) is 26.1 Å². The summed E-state index contributed by atoms with van der Waals surface area (Å²) in [6, 6.07) is 3.45. The van der Waals surface area contributed by atoms with Crippen molar-refractivity contribution >= 4 is 13.1 Å². The Morgan fingerprint density at radius 1 is 0.941 bits per heavy atom. The van der Waals surface area contributed by atoms with Crippen LogP contribution < -0.4 is 51.4 Å². The summed E-state index contributed by atoms with van der Waals surface area (Å²) in [5.41, 5.74) is -0.811. The third-order valence-corrected chi connectivity index (χ3v) is 1.74. The topological polar surface area (TPSA) is 0 Å². The summed E-state index contributed by atoms with van der Waals surface area (Å²) in [6.07, 6.45) is -3.74. The molecule has 0 saturated heterocycles. The average Bonchev–Trinajstić information content (AvgIpc) is 2.13. The predicted octanol–water partition coefficient (Wildman–Crippen LogP) is 1.11. The van der Waals surface area contributed by atoms with Crippen LogP contribution in [0.3, 0.4) is 0 Å². The van der Waals surface area contributed by atoms with Crippen molar-refractivity contribution in [3.05, 3.63) is 41.4 Å². The predicted molar refractivity (Wildman–Crippen MR) is 49.6 cm³/mol. The molecule has 0 amide bonds. The molecule has 8 heteroatoms. The molecule has 0 heterocycles. The van der Waals surface area contributed by atoms with Gasteiger partial charge in [-0.05, 0) is 17.7 Å². The zero-order valence-corrected chi connectivity index (χ0v) is 11.9. The quantitative estimate of drug-likeness (QED) is 0.561. The fourth-order valence-electron chi connectivity index (χ4n) is 1.00. The van der Waals surface area contributed by atoms with Crippen molar-refractivity contribution in [2.45, 2.75) is 6.18 Å². The average molecular weight is 278 g/mol. The SMILES string of the molecule is F[B-](F)(F)/C=C/c1ccc(C(F)(F)F)cc1.[K+]. The molecule has 0 N–H and O–H groups in total. The molecule has 0 aromatic heterocycles. The van der Waals surface area contributed by atoms with E-state index >= 15 is 0 Å². The Kier molecular flexibility index (Phi) is 6.51. The van der Waals surface area contributed by atoms with E-state index in [9.17, 15) is 26.1 Å². The first kappa shape index (κ1) is 17.2. The monoisotopic (exact) mass is 278 g/mol. The normalized spacial score (nSPS) is 12.6. The summed E-state index contributed by atoms with van der Waals surface area (Å²) >= 11 is 0. The number of alkyl halides is 3. The van der Waals surface area contributed by atoms with Crippen LogP contribution in [-0.4, -0.2) is 6.98 Å². The number of halogens is 6. The molecule has 0 spiro atoms. The summed E-state index contributed by atoms with van der Waals surface area (Å²) in [4.78, 5) is 0. The van der Waals surface area contributed by atoms with Crippen molar-refractivity contribution in [2.24, 2.45) is 0 Å². The number of hydrogen-bond acceptors (Lipinski definition) is 0. The van der Waals surface area contributed by atoms with Gasteiger partial charge in [-0.2, -0.15) is 13.2 Å². The minimum atomic E-state index is -5.07. The largest absolute Gasteiger partial charge is 1.00 e. The van der Waals surface area contributed by atoms with Crippen LogP contribution in [0.15, 0.2) is 30.2 Å². The van der Waals surface area contributed by atoms with E-state index in [1.165, 1.54) is 0 Å². The maximum absolute atomic E-state index is 12.1. The molecule has 88 valence electrons. The van der Waals surface area contributed by atoms with Gasteiger partial charge in [-0.25, -0.2) is 0 Å². The summed E-state index contributed by atoms with van der Waals surface area (Å²) in [5.74, 6) is 0.0304. The molecule has 17 heavy (non-hydrogen) atoms. The summed E-state index contributed by atoms with van der Waals surface area (Å²) in [5, 5.41) is 0. The van der Waals surface area contributed by atoms with Gasteiger partial charge in [0.25, 0.3) is 0 Å². The summed E-state index contributed by atoms with van der Waals surface area (Å²) in [7, 11) is 0. The number of hydrogen-bond donors (Lipinski definition) is 0. The second-order valence-corrected chi connectivity index (χ2v) is 3.10. The second-order valence-electron chi connectivity index (χ2n) is 3.10. The van der Waals surface area contributed by atoms with Crippen molar-refractivity contribution in [2.75, 3.05) is 0 Å². The number of benzene rings is 1. The molecule has 0 unspecified atom stereocenters. The van der Waals surface area contributed by atoms with E-state index in [-0.39, 0.29) is 62.9 Å². The van der Waals surface area contributed by atoms with Crippen LogP contribution in [0.5, 0.6) is 0 Å². The van der Waals surface area contributed by atoms with Crippen LogP contribution in [0.25, 0.3) is 6.08 Å². The first-order valence-corrected chi connectivity index (χ1v) is 4.25. The molecule has 0 aliphatic heterocycles. The van der Waals surface area contributed by atoms with E-state index in [0.29, 0.717) is 0 Å². The van der Waals surface area contributed by atoms with Gasteiger partial charge in [-0.1, -0.05) is 18.2 Å². The Labute approximate surface area is 137 Å². The van der Waals surface area contributed by atoms with Gasteiger partial charge >= 0.3 is 64.5 Å². The minimum Gasteiger partial charge on any atom is -0.445 e. The molecule has 1 aromatic carbocycles. The van der Waals surface area contributed by atoms with Crippen molar-refractivity contribution in [3.8, 4) is 0 Å². The van der Waals surface area contributed by atoms with Crippen molar-refractivity contribution in [1.29, 1.82) is 0 Å². The zero-order chi connectivity index (χ0) is 12.4. The fourth-order valence-corrected chi connectivity index (χ4v) is 1.00. The maximum atomic E-state index is 12.1. The van der Waals surface area contributed by atoms with E-state index in [0.717, 1.165) is 30.3 Å². The van der Waals surface area contributed by atoms with E-state index in [4.69, 9.17) is 0 Å². The van der Waals surface area contributed by atoms with Gasteiger partial charge in [0.05, 0.1) is 5.56 Å². The smallest absolute Gasteiger partial charge is 0.445 e. The van der Waals surface area contributed by atoms with E-state index in [1.807, 2.05) is 0 Å². The Bertz CT molecular complexity index is 378. The van der Waals surface area contributed by atoms with Gasteiger partial charge in [0.2, 0.25) is 0 Å². The van der Waals surface area contributed by atoms with Crippen LogP contribution in [0.1, 0.15) is 11.1 Å². The van der Waals surface area contributed by atoms with Crippen molar-refractivity contribution in [1.82, 2.24) is 0 Å². The zero-order valence-electron chi connectivity index (χ0n) is 8.81. The molecule has 0 atom stereocenters. The van der Waals surface area contributed by atoms with E-state index in [1.54, 1.807) is 0 Å². The summed E-state index contributed by atoms with van der Waals surface area (Å²) in [6.45, 7) is -5.07. The maximum Gasteiger partial charge on any atom is 1.00 e. The molecule has 0 nitrogen and oxygen atoms in total. The molecule has 0 aliphatic carbocycles. The standard InChI is InChI=1S/C9H6BF6.K/c11-9(12,13)8-3-1-7(2-4-8)5-6-10(14,15)16;/h1-6H;/q-1;+1/b6-5+;. The van der Waals surface area contributed by atoms with Gasteiger partial charge in [0.15, 0.2) is 0 Å². The van der Waals surface area contributed by atoms with Gasteiger partial charge in [-0.15, -0.1) is 5.98 Å². The Morgan fingerprint density at radius 3 is 1.76 bits per heavy atom. The molecule has 1 rings (SSSR count). The van der Waals surface area contributed by atoms with Gasteiger partial charge in [0, 0.05) is 0 Å². The molecular formula is C9H6BF6K. The Balaban J connectivity index is 0.00000256. The molecular weight excluding hydrogens is 272 g/mol. The van der Waals surface area contributed by atoms with Gasteiger partial charge in [0.1, 0.15) is 0 Å². The fraction of sp³-hybridized carbons (Fsp3) is 0.111. The Hall–Kier alpha value is 0.241. The molecule has 0 fully saturated rings. The van der Waals surface area contributed by atoms with E-state index < -0.39 is 18.7 Å². The van der Waals surface area contributed by atoms with Crippen molar-refractivity contribution < 1.29 is 77.5 Å². The van der Waals surface area contributed by atoms with E-state index in [2.05, 4.69) is 0 Å². The molecule has 0 aliphatic rings. The third kappa shape index (κ3) is 6.66. The van der Waals surface area contributed by atoms with Crippen LogP contribution in [0.2, 0.25) is 0 Å². The van der Waals surface area contributed by atoms with Crippen molar-refractivity contribution in [3.63, 3.8) is 0 Å². The van der Waals surface area contributed by atoms with Crippen LogP contribution in [-0.2, 0) is 6.18 Å². The third-order valence-electron chi connectivity index (χ3n) is 1.74. The van der Waals surface area contributed by atoms with Gasteiger partial charge < -0.3 is 12.9 Å². The molecule has 0 bridgehead atoms. The minimum absolute atomic E-state index is 0. The first-order chi connectivity index (χ1) is 7.18. The molecule has 1 aromatic rings. The first-order valence-electron chi connectivity index (χ1n) is 4.25. The molecule has 0 saturated carbocycles. The second kappa shape index (κ2) is 6.42. The van der Waals surface area contributed by atoms with Gasteiger partial charge in [-0.3, -0.25) is 0 Å². The Morgan fingerprint density at radius 2 is 1.41 bits per heavy atom. The number of rotatable bonds is 2. The van der Waals surface area contributed by atoms with Crippen LogP contribution >= 0.6 is 0 Å².